The van der Waals surface area contributed by atoms with Crippen LogP contribution >= 0.6 is 11.3 Å². The molecule has 1 unspecified atom stereocenters. The number of aromatic nitrogens is 4. The van der Waals surface area contributed by atoms with Gasteiger partial charge in [-0.05, 0) is 26.2 Å². The van der Waals surface area contributed by atoms with Crippen LogP contribution in [0.4, 0.5) is 0 Å². The van der Waals surface area contributed by atoms with Gasteiger partial charge in [0, 0.05) is 19.0 Å². The second kappa shape index (κ2) is 5.15. The van der Waals surface area contributed by atoms with E-state index in [0.717, 1.165) is 34.8 Å². The molecule has 1 aliphatic carbocycles. The largest absolute Gasteiger partial charge is 0.264 e. The van der Waals surface area contributed by atoms with Gasteiger partial charge in [0.15, 0.2) is 0 Å². The van der Waals surface area contributed by atoms with Gasteiger partial charge in [0.25, 0.3) is 10.0 Å². The van der Waals surface area contributed by atoms with Crippen LogP contribution in [-0.2, 0) is 23.5 Å². The van der Waals surface area contributed by atoms with E-state index in [0.29, 0.717) is 0 Å². The van der Waals surface area contributed by atoms with E-state index in [4.69, 9.17) is 0 Å². The number of hydrogen-bond acceptors (Lipinski definition) is 6. The quantitative estimate of drug-likeness (QED) is 0.848. The van der Waals surface area contributed by atoms with Crippen LogP contribution < -0.4 is 0 Å². The SMILES string of the molecule is Cc1nc2c(s1)C(N(C)S(=O)(=O)c1cnn(C)n1)CCC2. The van der Waals surface area contributed by atoms with Gasteiger partial charge in [-0.3, -0.25) is 0 Å². The fraction of sp³-hybridized carbons (Fsp3) is 0.583. The molecule has 0 spiro atoms. The molecular formula is C12H17N5O2S2. The van der Waals surface area contributed by atoms with Gasteiger partial charge in [-0.2, -0.15) is 14.2 Å². The van der Waals surface area contributed by atoms with Crippen molar-refractivity contribution in [2.45, 2.75) is 37.3 Å². The average Bonchev–Trinajstić information content (AvgIpc) is 3.02. The number of aryl methyl sites for hydroxylation is 3. The predicted molar refractivity (Wildman–Crippen MR) is 78.5 cm³/mol. The summed E-state index contributed by atoms with van der Waals surface area (Å²) in [7, 11) is -0.422. The van der Waals surface area contributed by atoms with Crippen molar-refractivity contribution in [3.05, 3.63) is 21.8 Å². The van der Waals surface area contributed by atoms with E-state index in [1.165, 1.54) is 15.3 Å². The Morgan fingerprint density at radius 2 is 2.24 bits per heavy atom. The number of thiazole rings is 1. The Morgan fingerprint density at radius 1 is 1.48 bits per heavy atom. The minimum Gasteiger partial charge on any atom is -0.246 e. The van der Waals surface area contributed by atoms with Crippen LogP contribution in [0.5, 0.6) is 0 Å². The first-order valence-electron chi connectivity index (χ1n) is 6.70. The molecule has 7 nitrogen and oxygen atoms in total. The fourth-order valence-corrected chi connectivity index (χ4v) is 5.09. The number of hydrogen-bond donors (Lipinski definition) is 0. The maximum absolute atomic E-state index is 12.7. The highest BCUT2D eigenvalue weighted by molar-refractivity contribution is 7.89. The smallest absolute Gasteiger partial charge is 0.246 e. The number of sulfonamides is 1. The standard InChI is InChI=1S/C12H17N5O2S2/c1-8-14-9-5-4-6-10(12(9)20-8)16(2)21(18,19)11-7-13-17(3)15-11/h7,10H,4-6H2,1-3H3. The maximum Gasteiger partial charge on any atom is 0.264 e. The van der Waals surface area contributed by atoms with Crippen molar-refractivity contribution in [3.63, 3.8) is 0 Å². The van der Waals surface area contributed by atoms with Gasteiger partial charge in [0.2, 0.25) is 5.03 Å². The van der Waals surface area contributed by atoms with Crippen molar-refractivity contribution < 1.29 is 8.42 Å². The minimum atomic E-state index is -3.63. The van der Waals surface area contributed by atoms with E-state index in [1.807, 2.05) is 6.92 Å². The Hall–Kier alpha value is -1.32. The highest BCUT2D eigenvalue weighted by Crippen LogP contribution is 2.39. The molecule has 21 heavy (non-hydrogen) atoms. The lowest BCUT2D eigenvalue weighted by Crippen LogP contribution is -2.33. The molecule has 0 aromatic carbocycles. The zero-order chi connectivity index (χ0) is 15.2. The normalized spacial score (nSPS) is 19.0. The first kappa shape index (κ1) is 14.6. The summed E-state index contributed by atoms with van der Waals surface area (Å²) in [4.78, 5) is 6.83. The summed E-state index contributed by atoms with van der Waals surface area (Å²) in [5.74, 6) is 0. The second-order valence-corrected chi connectivity index (χ2v) is 8.32. The lowest BCUT2D eigenvalue weighted by molar-refractivity contribution is 0.339. The van der Waals surface area contributed by atoms with Crippen LogP contribution in [0.25, 0.3) is 0 Å². The van der Waals surface area contributed by atoms with Crippen molar-refractivity contribution in [2.24, 2.45) is 7.05 Å². The van der Waals surface area contributed by atoms with E-state index in [9.17, 15) is 8.42 Å². The third-order valence-electron chi connectivity index (χ3n) is 3.69. The lowest BCUT2D eigenvalue weighted by atomic mass is 9.98. The van der Waals surface area contributed by atoms with Crippen molar-refractivity contribution in [2.75, 3.05) is 7.05 Å². The van der Waals surface area contributed by atoms with Crippen LogP contribution in [0.2, 0.25) is 0 Å². The van der Waals surface area contributed by atoms with Gasteiger partial charge < -0.3 is 0 Å². The van der Waals surface area contributed by atoms with E-state index >= 15 is 0 Å². The molecule has 3 rings (SSSR count). The Labute approximate surface area is 127 Å². The van der Waals surface area contributed by atoms with E-state index in [1.54, 1.807) is 25.4 Å². The molecule has 0 N–H and O–H groups in total. The molecule has 2 aromatic heterocycles. The Balaban J connectivity index is 1.97. The van der Waals surface area contributed by atoms with Crippen molar-refractivity contribution in [3.8, 4) is 0 Å². The van der Waals surface area contributed by atoms with Gasteiger partial charge in [-0.15, -0.1) is 16.4 Å². The Morgan fingerprint density at radius 3 is 2.90 bits per heavy atom. The zero-order valence-electron chi connectivity index (χ0n) is 12.1. The first-order valence-corrected chi connectivity index (χ1v) is 8.96. The van der Waals surface area contributed by atoms with Gasteiger partial charge >= 0.3 is 0 Å². The molecular weight excluding hydrogens is 310 g/mol. The summed E-state index contributed by atoms with van der Waals surface area (Å²) in [5.41, 5.74) is 1.04. The number of fused-ring (bicyclic) bond motifs is 1. The zero-order valence-corrected chi connectivity index (χ0v) is 13.8. The Kier molecular flexibility index (Phi) is 3.58. The van der Waals surface area contributed by atoms with Gasteiger partial charge in [-0.1, -0.05) is 0 Å². The Bertz CT molecular complexity index is 764. The fourth-order valence-electron chi connectivity index (χ4n) is 2.63. The molecule has 0 bridgehead atoms. The molecule has 2 heterocycles. The van der Waals surface area contributed by atoms with Crippen molar-refractivity contribution in [1.82, 2.24) is 24.3 Å². The molecule has 114 valence electrons. The van der Waals surface area contributed by atoms with E-state index in [2.05, 4.69) is 15.2 Å². The highest BCUT2D eigenvalue weighted by atomic mass is 32.2. The van der Waals surface area contributed by atoms with Crippen LogP contribution in [0.15, 0.2) is 11.2 Å². The van der Waals surface area contributed by atoms with Crippen molar-refractivity contribution >= 4 is 21.4 Å². The molecule has 0 fully saturated rings. The minimum absolute atomic E-state index is 0.0131. The van der Waals surface area contributed by atoms with Gasteiger partial charge in [0.05, 0.1) is 22.9 Å². The third-order valence-corrected chi connectivity index (χ3v) is 6.53. The van der Waals surface area contributed by atoms with Gasteiger partial charge in [0.1, 0.15) is 0 Å². The maximum atomic E-state index is 12.7. The molecule has 0 saturated carbocycles. The van der Waals surface area contributed by atoms with Crippen LogP contribution in [-0.4, -0.2) is 39.7 Å². The van der Waals surface area contributed by atoms with Crippen LogP contribution in [0.3, 0.4) is 0 Å². The summed E-state index contributed by atoms with van der Waals surface area (Å²) >= 11 is 1.58. The summed E-state index contributed by atoms with van der Waals surface area (Å²) < 4.78 is 26.7. The monoisotopic (exact) mass is 327 g/mol. The second-order valence-electron chi connectivity index (χ2n) is 5.15. The topological polar surface area (TPSA) is 81.0 Å². The molecule has 1 atom stereocenters. The van der Waals surface area contributed by atoms with E-state index in [-0.39, 0.29) is 11.1 Å². The molecule has 0 saturated heterocycles. The number of nitrogens with zero attached hydrogens (tertiary/aromatic N) is 5. The molecule has 9 heteroatoms. The molecule has 0 aliphatic heterocycles. The van der Waals surface area contributed by atoms with Crippen LogP contribution in [0.1, 0.15) is 34.5 Å². The van der Waals surface area contributed by atoms with Crippen molar-refractivity contribution in [1.29, 1.82) is 0 Å². The predicted octanol–water partition coefficient (Wildman–Crippen LogP) is 1.28. The molecule has 0 amide bonds. The van der Waals surface area contributed by atoms with Gasteiger partial charge in [-0.25, -0.2) is 13.4 Å². The highest BCUT2D eigenvalue weighted by Gasteiger charge is 2.35. The lowest BCUT2D eigenvalue weighted by Gasteiger charge is -2.29. The molecule has 1 aliphatic rings. The number of rotatable bonds is 3. The summed E-state index contributed by atoms with van der Waals surface area (Å²) in [6.07, 6.45) is 3.97. The molecule has 0 radical (unpaired) electrons. The molecule has 2 aromatic rings. The van der Waals surface area contributed by atoms with Crippen LogP contribution in [0, 0.1) is 6.92 Å². The third kappa shape index (κ3) is 2.49. The van der Waals surface area contributed by atoms with E-state index < -0.39 is 10.0 Å². The average molecular weight is 327 g/mol. The summed E-state index contributed by atoms with van der Waals surface area (Å²) in [6, 6.07) is -0.160. The summed E-state index contributed by atoms with van der Waals surface area (Å²) in [5, 5.41) is 8.74. The summed E-state index contributed by atoms with van der Waals surface area (Å²) in [6.45, 7) is 1.96. The first-order chi connectivity index (χ1) is 9.89.